The standard InChI is InChI=1S/C34H24O2/c1-21-7-5-10-27-25(21)17-19-30-33(27)32(24-15-13-23(14-16-24)22-8-3-2-4-9-22)34-28-11-6-12-29(35)26(28)18-20-31(34)36-30/h2-20,32,35H,1H3. The van der Waals surface area contributed by atoms with Gasteiger partial charge in [-0.1, -0.05) is 91.0 Å². The summed E-state index contributed by atoms with van der Waals surface area (Å²) in [6.45, 7) is 2.16. The van der Waals surface area contributed by atoms with E-state index in [2.05, 4.69) is 91.9 Å². The van der Waals surface area contributed by atoms with Crippen LogP contribution in [0.3, 0.4) is 0 Å². The summed E-state index contributed by atoms with van der Waals surface area (Å²) < 4.78 is 6.54. The van der Waals surface area contributed by atoms with E-state index in [1.165, 1.54) is 38.6 Å². The van der Waals surface area contributed by atoms with Crippen LogP contribution in [0.4, 0.5) is 0 Å². The van der Waals surface area contributed by atoms with Crippen LogP contribution >= 0.6 is 0 Å². The van der Waals surface area contributed by atoms with Crippen LogP contribution in [-0.2, 0) is 0 Å². The monoisotopic (exact) mass is 464 g/mol. The minimum absolute atomic E-state index is 0.0374. The molecular formula is C34H24O2. The molecule has 2 nitrogen and oxygen atoms in total. The Morgan fingerprint density at radius 3 is 1.86 bits per heavy atom. The van der Waals surface area contributed by atoms with E-state index in [0.29, 0.717) is 0 Å². The maximum atomic E-state index is 10.7. The smallest absolute Gasteiger partial charge is 0.132 e. The predicted molar refractivity (Wildman–Crippen MR) is 147 cm³/mol. The minimum atomic E-state index is -0.0374. The molecule has 2 heteroatoms. The van der Waals surface area contributed by atoms with E-state index in [-0.39, 0.29) is 11.7 Å². The molecule has 0 aliphatic carbocycles. The third-order valence-electron chi connectivity index (χ3n) is 7.47. The average molecular weight is 465 g/mol. The molecule has 0 bridgehead atoms. The molecule has 1 unspecified atom stereocenters. The number of rotatable bonds is 2. The lowest BCUT2D eigenvalue weighted by atomic mass is 9.78. The van der Waals surface area contributed by atoms with Crippen molar-refractivity contribution in [1.82, 2.24) is 0 Å². The first-order valence-corrected chi connectivity index (χ1v) is 12.3. The van der Waals surface area contributed by atoms with Crippen molar-refractivity contribution in [3.05, 3.63) is 138 Å². The Morgan fingerprint density at radius 2 is 1.14 bits per heavy atom. The first kappa shape index (κ1) is 20.8. The highest BCUT2D eigenvalue weighted by molar-refractivity contribution is 5.97. The van der Waals surface area contributed by atoms with E-state index in [1.807, 2.05) is 24.3 Å². The van der Waals surface area contributed by atoms with Crippen molar-refractivity contribution in [2.45, 2.75) is 12.8 Å². The molecular weight excluding hydrogens is 440 g/mol. The van der Waals surface area contributed by atoms with Crippen molar-refractivity contribution in [2.24, 2.45) is 0 Å². The number of phenols is 1. The Kier molecular flexibility index (Phi) is 4.62. The van der Waals surface area contributed by atoms with E-state index < -0.39 is 0 Å². The zero-order chi connectivity index (χ0) is 24.2. The Bertz CT molecular complexity index is 1670. The number of fused-ring (bicyclic) bond motifs is 6. The van der Waals surface area contributed by atoms with Gasteiger partial charge in [-0.2, -0.15) is 0 Å². The van der Waals surface area contributed by atoms with Gasteiger partial charge in [-0.15, -0.1) is 0 Å². The minimum Gasteiger partial charge on any atom is -0.507 e. The lowest BCUT2D eigenvalue weighted by molar-refractivity contribution is 0.455. The summed E-state index contributed by atoms with van der Waals surface area (Å²) in [4.78, 5) is 0. The number of hydrogen-bond donors (Lipinski definition) is 1. The van der Waals surface area contributed by atoms with Crippen molar-refractivity contribution in [3.63, 3.8) is 0 Å². The lowest BCUT2D eigenvalue weighted by Gasteiger charge is -2.31. The van der Waals surface area contributed by atoms with Crippen LogP contribution in [0.1, 0.15) is 28.2 Å². The van der Waals surface area contributed by atoms with Gasteiger partial charge in [0.2, 0.25) is 0 Å². The maximum Gasteiger partial charge on any atom is 0.132 e. The number of phenolic OH excluding ortho intramolecular Hbond substituents is 1. The van der Waals surface area contributed by atoms with Gasteiger partial charge >= 0.3 is 0 Å². The van der Waals surface area contributed by atoms with Crippen LogP contribution in [0.2, 0.25) is 0 Å². The van der Waals surface area contributed by atoms with Gasteiger partial charge in [0.15, 0.2) is 0 Å². The molecule has 0 radical (unpaired) electrons. The number of ether oxygens (including phenoxy) is 1. The first-order chi connectivity index (χ1) is 17.7. The van der Waals surface area contributed by atoms with Gasteiger partial charge in [0.05, 0.1) is 0 Å². The van der Waals surface area contributed by atoms with Gasteiger partial charge in [0.25, 0.3) is 0 Å². The number of aromatic hydroxyl groups is 1. The SMILES string of the molecule is Cc1cccc2c3c(ccc12)Oc1ccc2c(O)cccc2c1C3c1ccc(-c2ccccc2)cc1. The van der Waals surface area contributed by atoms with Gasteiger partial charge < -0.3 is 9.84 Å². The van der Waals surface area contributed by atoms with Crippen LogP contribution < -0.4 is 4.74 Å². The molecule has 0 aromatic heterocycles. The second-order valence-corrected chi connectivity index (χ2v) is 9.52. The Hall–Kier alpha value is -4.56. The lowest BCUT2D eigenvalue weighted by Crippen LogP contribution is -2.13. The third-order valence-corrected chi connectivity index (χ3v) is 7.47. The van der Waals surface area contributed by atoms with Crippen LogP contribution in [0.5, 0.6) is 17.2 Å². The molecule has 0 amide bonds. The van der Waals surface area contributed by atoms with E-state index in [0.717, 1.165) is 27.8 Å². The number of aryl methyl sites for hydroxylation is 1. The molecule has 172 valence electrons. The molecule has 0 fully saturated rings. The highest BCUT2D eigenvalue weighted by atomic mass is 16.5. The van der Waals surface area contributed by atoms with Crippen molar-refractivity contribution in [2.75, 3.05) is 0 Å². The fourth-order valence-electron chi connectivity index (χ4n) is 5.73. The Morgan fingerprint density at radius 1 is 0.528 bits per heavy atom. The van der Waals surface area contributed by atoms with Gasteiger partial charge in [-0.25, -0.2) is 0 Å². The van der Waals surface area contributed by atoms with Crippen LogP contribution in [0, 0.1) is 6.92 Å². The topological polar surface area (TPSA) is 29.5 Å². The fraction of sp³-hybridized carbons (Fsp3) is 0.0588. The van der Waals surface area contributed by atoms with Crippen LogP contribution in [0.25, 0.3) is 32.7 Å². The molecule has 1 N–H and O–H groups in total. The van der Waals surface area contributed by atoms with E-state index in [9.17, 15) is 5.11 Å². The molecule has 6 aromatic rings. The van der Waals surface area contributed by atoms with Gasteiger partial charge in [0, 0.05) is 22.4 Å². The number of benzene rings is 6. The second kappa shape index (κ2) is 8.00. The Labute approximate surface area is 210 Å². The number of hydrogen-bond acceptors (Lipinski definition) is 2. The summed E-state index contributed by atoms with van der Waals surface area (Å²) in [5.74, 6) is 1.97. The highest BCUT2D eigenvalue weighted by Gasteiger charge is 2.32. The molecule has 0 spiro atoms. The largest absolute Gasteiger partial charge is 0.507 e. The summed E-state index contributed by atoms with van der Waals surface area (Å²) in [6, 6.07) is 39.8. The molecule has 36 heavy (non-hydrogen) atoms. The Balaban J connectivity index is 1.53. The maximum absolute atomic E-state index is 10.7. The van der Waals surface area contributed by atoms with Crippen LogP contribution in [0.15, 0.2) is 115 Å². The summed E-state index contributed by atoms with van der Waals surface area (Å²) in [6.07, 6.45) is 0. The molecule has 1 atom stereocenters. The van der Waals surface area contributed by atoms with E-state index in [1.54, 1.807) is 6.07 Å². The van der Waals surface area contributed by atoms with Gasteiger partial charge in [-0.3, -0.25) is 0 Å². The quantitative estimate of drug-likeness (QED) is 0.277. The average Bonchev–Trinajstić information content (AvgIpc) is 2.92. The first-order valence-electron chi connectivity index (χ1n) is 12.3. The summed E-state index contributed by atoms with van der Waals surface area (Å²) in [5.41, 5.74) is 7.11. The molecule has 0 saturated carbocycles. The van der Waals surface area contributed by atoms with Crippen molar-refractivity contribution >= 4 is 21.5 Å². The fourth-order valence-corrected chi connectivity index (χ4v) is 5.73. The zero-order valence-electron chi connectivity index (χ0n) is 19.9. The molecule has 7 rings (SSSR count). The van der Waals surface area contributed by atoms with Crippen molar-refractivity contribution < 1.29 is 9.84 Å². The van der Waals surface area contributed by atoms with E-state index >= 15 is 0 Å². The van der Waals surface area contributed by atoms with Crippen molar-refractivity contribution in [1.29, 1.82) is 0 Å². The predicted octanol–water partition coefficient (Wildman–Crippen LogP) is 8.96. The van der Waals surface area contributed by atoms with Gasteiger partial charge in [-0.05, 0) is 69.6 Å². The third kappa shape index (κ3) is 3.11. The van der Waals surface area contributed by atoms with Crippen LogP contribution in [-0.4, -0.2) is 5.11 Å². The summed E-state index contributed by atoms with van der Waals surface area (Å²) in [7, 11) is 0. The molecule has 1 heterocycles. The second-order valence-electron chi connectivity index (χ2n) is 9.52. The summed E-state index contributed by atoms with van der Waals surface area (Å²) >= 11 is 0. The van der Waals surface area contributed by atoms with Crippen molar-refractivity contribution in [3.8, 4) is 28.4 Å². The highest BCUT2D eigenvalue weighted by Crippen LogP contribution is 2.53. The molecule has 1 aliphatic heterocycles. The molecule has 1 aliphatic rings. The molecule has 6 aromatic carbocycles. The molecule has 0 saturated heterocycles. The summed E-state index contributed by atoms with van der Waals surface area (Å²) in [5, 5.41) is 14.9. The normalized spacial score (nSPS) is 14.3. The van der Waals surface area contributed by atoms with Gasteiger partial charge in [0.1, 0.15) is 17.2 Å². The van der Waals surface area contributed by atoms with E-state index in [4.69, 9.17) is 4.74 Å². The zero-order valence-corrected chi connectivity index (χ0v) is 19.9.